The summed E-state index contributed by atoms with van der Waals surface area (Å²) in [7, 11) is 1.58. The molecule has 9 heteroatoms. The summed E-state index contributed by atoms with van der Waals surface area (Å²) in [6.07, 6.45) is -2.79. The smallest absolute Gasteiger partial charge is 0.372 e. The summed E-state index contributed by atoms with van der Waals surface area (Å²) in [6.45, 7) is 2.42. The molecule has 0 aliphatic rings. The highest BCUT2D eigenvalue weighted by Gasteiger charge is 2.37. The number of halogens is 4. The van der Waals surface area contributed by atoms with Gasteiger partial charge in [-0.1, -0.05) is 11.6 Å². The minimum Gasteiger partial charge on any atom is -0.372 e. The number of aromatic nitrogens is 1. The van der Waals surface area contributed by atoms with Crippen LogP contribution >= 0.6 is 22.9 Å². The molecule has 0 fully saturated rings. The molecule has 4 nitrogen and oxygen atoms in total. The van der Waals surface area contributed by atoms with E-state index in [1.54, 1.807) is 20.2 Å². The number of alkyl halides is 3. The highest BCUT2D eigenvalue weighted by molar-refractivity contribution is 7.15. The maximum absolute atomic E-state index is 12.3. The average Bonchev–Trinajstić information content (AvgIpc) is 2.72. The molecular formula is C11H13ClF3N3OS. The first kappa shape index (κ1) is 16.8. The van der Waals surface area contributed by atoms with Crippen LogP contribution in [0.2, 0.25) is 4.47 Å². The number of hydrogen-bond acceptors (Lipinski definition) is 5. The van der Waals surface area contributed by atoms with Gasteiger partial charge in [0, 0.05) is 30.7 Å². The SMILES string of the molecule is CCNC(=CC(=O)C(F)(F)F)N(C)Cc1cnc(Cl)s1. The molecule has 1 N–H and O–H groups in total. The molecule has 0 radical (unpaired) electrons. The van der Waals surface area contributed by atoms with Crippen molar-refractivity contribution in [1.29, 1.82) is 0 Å². The zero-order valence-corrected chi connectivity index (χ0v) is 12.4. The zero-order valence-electron chi connectivity index (χ0n) is 10.8. The molecule has 20 heavy (non-hydrogen) atoms. The van der Waals surface area contributed by atoms with Gasteiger partial charge in [-0.2, -0.15) is 13.2 Å². The monoisotopic (exact) mass is 327 g/mol. The summed E-state index contributed by atoms with van der Waals surface area (Å²) in [5, 5.41) is 2.73. The van der Waals surface area contributed by atoms with Crippen LogP contribution in [-0.2, 0) is 11.3 Å². The highest BCUT2D eigenvalue weighted by atomic mass is 35.5. The fourth-order valence-corrected chi connectivity index (χ4v) is 2.39. The van der Waals surface area contributed by atoms with Crippen LogP contribution in [0.5, 0.6) is 0 Å². The Balaban J connectivity index is 2.84. The fraction of sp³-hybridized carbons (Fsp3) is 0.455. The fourth-order valence-electron chi connectivity index (χ4n) is 1.36. The lowest BCUT2D eigenvalue weighted by Crippen LogP contribution is -2.31. The van der Waals surface area contributed by atoms with Gasteiger partial charge in [-0.05, 0) is 6.92 Å². The maximum atomic E-state index is 12.3. The Morgan fingerprint density at radius 1 is 1.60 bits per heavy atom. The van der Waals surface area contributed by atoms with Crippen LogP contribution in [0.4, 0.5) is 13.2 Å². The second-order valence-corrected chi connectivity index (χ2v) is 5.55. The minimum atomic E-state index is -4.88. The van der Waals surface area contributed by atoms with Crippen molar-refractivity contribution < 1.29 is 18.0 Å². The van der Waals surface area contributed by atoms with Crippen LogP contribution in [0.3, 0.4) is 0 Å². The predicted molar refractivity (Wildman–Crippen MR) is 71.4 cm³/mol. The van der Waals surface area contributed by atoms with E-state index in [4.69, 9.17) is 11.6 Å². The van der Waals surface area contributed by atoms with Gasteiger partial charge in [0.1, 0.15) is 5.82 Å². The number of carbonyl (C=O) groups is 1. The summed E-state index contributed by atoms with van der Waals surface area (Å²) in [4.78, 5) is 17.1. The van der Waals surface area contributed by atoms with Gasteiger partial charge in [-0.25, -0.2) is 4.98 Å². The average molecular weight is 328 g/mol. The third-order valence-corrected chi connectivity index (χ3v) is 3.33. The molecule has 0 unspecified atom stereocenters. The second-order valence-electron chi connectivity index (χ2n) is 3.86. The maximum Gasteiger partial charge on any atom is 0.454 e. The van der Waals surface area contributed by atoms with Crippen molar-refractivity contribution in [2.24, 2.45) is 0 Å². The first-order valence-corrected chi connectivity index (χ1v) is 6.81. The van der Waals surface area contributed by atoms with Crippen molar-refractivity contribution in [1.82, 2.24) is 15.2 Å². The Morgan fingerprint density at radius 3 is 2.70 bits per heavy atom. The van der Waals surface area contributed by atoms with Gasteiger partial charge in [0.2, 0.25) is 0 Å². The molecule has 0 spiro atoms. The topological polar surface area (TPSA) is 45.2 Å². The zero-order chi connectivity index (χ0) is 15.3. The molecule has 1 aromatic heterocycles. The minimum absolute atomic E-state index is 0.0966. The third kappa shape index (κ3) is 5.01. The van der Waals surface area contributed by atoms with E-state index in [1.807, 2.05) is 0 Å². The van der Waals surface area contributed by atoms with E-state index in [0.717, 1.165) is 4.88 Å². The molecule has 0 aliphatic heterocycles. The molecule has 0 saturated carbocycles. The van der Waals surface area contributed by atoms with Crippen LogP contribution in [0.15, 0.2) is 18.1 Å². The Morgan fingerprint density at radius 2 is 2.25 bits per heavy atom. The molecule has 0 amide bonds. The molecular weight excluding hydrogens is 315 g/mol. The van der Waals surface area contributed by atoms with Crippen molar-refractivity contribution >= 4 is 28.7 Å². The summed E-state index contributed by atoms with van der Waals surface area (Å²) >= 11 is 6.91. The number of allylic oxidation sites excluding steroid dienone is 1. The normalized spacial score (nSPS) is 12.4. The van der Waals surface area contributed by atoms with E-state index < -0.39 is 12.0 Å². The van der Waals surface area contributed by atoms with Crippen molar-refractivity contribution in [2.45, 2.75) is 19.6 Å². The number of rotatable bonds is 6. The van der Waals surface area contributed by atoms with E-state index in [-0.39, 0.29) is 5.82 Å². The number of ketones is 1. The van der Waals surface area contributed by atoms with Gasteiger partial charge in [-0.3, -0.25) is 4.79 Å². The molecule has 0 aromatic carbocycles. The van der Waals surface area contributed by atoms with E-state index in [1.165, 1.54) is 16.2 Å². The molecule has 0 atom stereocenters. The van der Waals surface area contributed by atoms with Crippen LogP contribution in [0.25, 0.3) is 0 Å². The molecule has 1 rings (SSSR count). The Bertz CT molecular complexity index is 501. The lowest BCUT2D eigenvalue weighted by Gasteiger charge is -2.22. The number of carbonyl (C=O) groups excluding carboxylic acids is 1. The van der Waals surface area contributed by atoms with E-state index >= 15 is 0 Å². The summed E-state index contributed by atoms with van der Waals surface area (Å²) in [5.74, 6) is -1.80. The number of thiazole rings is 1. The number of nitrogens with zero attached hydrogens (tertiary/aromatic N) is 2. The molecule has 1 aromatic rings. The van der Waals surface area contributed by atoms with Gasteiger partial charge < -0.3 is 10.2 Å². The Labute approximate surface area is 123 Å². The standard InChI is InChI=1S/C11H13ClF3N3OS/c1-3-16-9(4-8(19)11(13,14)15)18(2)6-7-5-17-10(12)20-7/h4-5,16H,3,6H2,1-2H3. The van der Waals surface area contributed by atoms with Crippen molar-refractivity contribution in [3.05, 3.63) is 27.4 Å². The Hall–Kier alpha value is -1.28. The molecule has 112 valence electrons. The van der Waals surface area contributed by atoms with Crippen LogP contribution in [-0.4, -0.2) is 35.4 Å². The summed E-state index contributed by atoms with van der Waals surface area (Å²) < 4.78 is 37.2. The quantitative estimate of drug-likeness (QED) is 0.816. The molecule has 0 aliphatic carbocycles. The van der Waals surface area contributed by atoms with Crippen molar-refractivity contribution in [2.75, 3.05) is 13.6 Å². The van der Waals surface area contributed by atoms with Crippen LogP contribution in [0.1, 0.15) is 11.8 Å². The largest absolute Gasteiger partial charge is 0.454 e. The molecule has 0 saturated heterocycles. The van der Waals surface area contributed by atoms with Gasteiger partial charge in [0.25, 0.3) is 5.78 Å². The lowest BCUT2D eigenvalue weighted by atomic mass is 10.3. The number of nitrogens with one attached hydrogen (secondary N) is 1. The first-order valence-electron chi connectivity index (χ1n) is 5.62. The summed E-state index contributed by atoms with van der Waals surface area (Å²) in [6, 6.07) is 0. The van der Waals surface area contributed by atoms with E-state index in [0.29, 0.717) is 23.6 Å². The third-order valence-electron chi connectivity index (χ3n) is 2.23. The van der Waals surface area contributed by atoms with Gasteiger partial charge in [-0.15, -0.1) is 11.3 Å². The molecule has 0 bridgehead atoms. The van der Waals surface area contributed by atoms with Gasteiger partial charge >= 0.3 is 6.18 Å². The predicted octanol–water partition coefficient (Wildman–Crippen LogP) is 2.81. The van der Waals surface area contributed by atoms with E-state index in [2.05, 4.69) is 10.3 Å². The van der Waals surface area contributed by atoms with E-state index in [9.17, 15) is 18.0 Å². The van der Waals surface area contributed by atoms with Gasteiger partial charge in [0.15, 0.2) is 4.47 Å². The molecule has 1 heterocycles. The van der Waals surface area contributed by atoms with Crippen molar-refractivity contribution in [3.63, 3.8) is 0 Å². The summed E-state index contributed by atoms with van der Waals surface area (Å²) in [5.41, 5.74) is 0. The second kappa shape index (κ2) is 6.94. The van der Waals surface area contributed by atoms with Crippen LogP contribution < -0.4 is 5.32 Å². The first-order chi connectivity index (χ1) is 9.24. The van der Waals surface area contributed by atoms with Gasteiger partial charge in [0.05, 0.1) is 6.54 Å². The highest BCUT2D eigenvalue weighted by Crippen LogP contribution is 2.21. The van der Waals surface area contributed by atoms with Crippen molar-refractivity contribution in [3.8, 4) is 0 Å². The Kier molecular flexibility index (Phi) is 5.82. The lowest BCUT2D eigenvalue weighted by molar-refractivity contribution is -0.165. The van der Waals surface area contributed by atoms with Crippen LogP contribution in [0, 0.1) is 0 Å². The number of hydrogen-bond donors (Lipinski definition) is 1.